The second-order valence-electron chi connectivity index (χ2n) is 7.66. The van der Waals surface area contributed by atoms with E-state index in [9.17, 15) is 4.79 Å². The van der Waals surface area contributed by atoms with Crippen LogP contribution < -0.4 is 4.90 Å². The van der Waals surface area contributed by atoms with Gasteiger partial charge in [0.25, 0.3) is 0 Å². The highest BCUT2D eigenvalue weighted by atomic mass is 16.2. The summed E-state index contributed by atoms with van der Waals surface area (Å²) in [6.07, 6.45) is 4.66. The van der Waals surface area contributed by atoms with Crippen LogP contribution in [-0.4, -0.2) is 61.5 Å². The molecule has 4 rings (SSSR count). The highest BCUT2D eigenvalue weighted by molar-refractivity contribution is 5.94. The lowest BCUT2D eigenvalue weighted by Crippen LogP contribution is -2.54. The van der Waals surface area contributed by atoms with Gasteiger partial charge in [-0.1, -0.05) is 49.2 Å². The number of carbonyl (C=O) groups excluding carboxylic acids is 1. The summed E-state index contributed by atoms with van der Waals surface area (Å²) in [6, 6.07) is 15.2. The van der Waals surface area contributed by atoms with E-state index in [0.717, 1.165) is 39.1 Å². The SMILES string of the molecule is CN1CCCCCC1C(=O)N1CCN(c2cccc3ccccc23)CC1. The molecule has 138 valence electrons. The number of likely N-dealkylation sites (N-methyl/N-ethyl adjacent to an activating group) is 1. The molecule has 2 heterocycles. The summed E-state index contributed by atoms with van der Waals surface area (Å²) in [4.78, 5) is 19.8. The van der Waals surface area contributed by atoms with Gasteiger partial charge in [-0.05, 0) is 37.9 Å². The molecule has 0 aliphatic carbocycles. The van der Waals surface area contributed by atoms with Crippen molar-refractivity contribution in [1.82, 2.24) is 9.80 Å². The zero-order chi connectivity index (χ0) is 17.9. The standard InChI is InChI=1S/C22H29N3O/c1-23-13-6-2-3-11-21(23)22(26)25-16-14-24(15-17-25)20-12-7-9-18-8-4-5-10-19(18)20/h4-5,7-10,12,21H,2-3,6,11,13-17H2,1H3. The summed E-state index contributed by atoms with van der Waals surface area (Å²) in [6.45, 7) is 4.53. The predicted molar refractivity (Wildman–Crippen MR) is 108 cm³/mol. The second-order valence-corrected chi connectivity index (χ2v) is 7.66. The van der Waals surface area contributed by atoms with Crippen molar-refractivity contribution in [2.24, 2.45) is 0 Å². The Hall–Kier alpha value is -2.07. The third-order valence-electron chi connectivity index (χ3n) is 6.00. The molecule has 1 atom stereocenters. The molecule has 0 N–H and O–H groups in total. The molecule has 26 heavy (non-hydrogen) atoms. The summed E-state index contributed by atoms with van der Waals surface area (Å²) in [5.41, 5.74) is 1.29. The van der Waals surface area contributed by atoms with E-state index in [1.165, 1.54) is 35.7 Å². The van der Waals surface area contributed by atoms with Crippen LogP contribution in [0, 0.1) is 0 Å². The minimum absolute atomic E-state index is 0.0848. The molecule has 4 heteroatoms. The fourth-order valence-corrected chi connectivity index (χ4v) is 4.43. The minimum atomic E-state index is 0.0848. The molecule has 2 fully saturated rings. The largest absolute Gasteiger partial charge is 0.367 e. The minimum Gasteiger partial charge on any atom is -0.367 e. The zero-order valence-electron chi connectivity index (χ0n) is 15.7. The van der Waals surface area contributed by atoms with E-state index in [-0.39, 0.29) is 6.04 Å². The Morgan fingerprint density at radius 3 is 2.50 bits per heavy atom. The predicted octanol–water partition coefficient (Wildman–Crippen LogP) is 3.36. The summed E-state index contributed by atoms with van der Waals surface area (Å²) in [5, 5.41) is 2.59. The Labute approximate surface area is 156 Å². The Bertz CT molecular complexity index is 762. The maximum atomic E-state index is 13.0. The summed E-state index contributed by atoms with van der Waals surface area (Å²) < 4.78 is 0. The van der Waals surface area contributed by atoms with E-state index in [2.05, 4.69) is 64.2 Å². The van der Waals surface area contributed by atoms with Crippen molar-refractivity contribution in [3.05, 3.63) is 42.5 Å². The van der Waals surface area contributed by atoms with Gasteiger partial charge in [0, 0.05) is 37.3 Å². The number of rotatable bonds is 2. The number of nitrogens with zero attached hydrogens (tertiary/aromatic N) is 3. The number of anilines is 1. The summed E-state index contributed by atoms with van der Waals surface area (Å²) in [7, 11) is 2.11. The maximum Gasteiger partial charge on any atom is 0.240 e. The average molecular weight is 351 g/mol. The van der Waals surface area contributed by atoms with Crippen LogP contribution in [0.5, 0.6) is 0 Å². The van der Waals surface area contributed by atoms with Crippen molar-refractivity contribution in [2.75, 3.05) is 44.7 Å². The first-order valence-electron chi connectivity index (χ1n) is 9.96. The number of benzene rings is 2. The first-order valence-corrected chi connectivity index (χ1v) is 9.96. The number of likely N-dealkylation sites (tertiary alicyclic amines) is 1. The van der Waals surface area contributed by atoms with E-state index < -0.39 is 0 Å². The molecule has 0 bridgehead atoms. The first-order chi connectivity index (χ1) is 12.7. The van der Waals surface area contributed by atoms with Crippen molar-refractivity contribution in [3.8, 4) is 0 Å². The van der Waals surface area contributed by atoms with Crippen molar-refractivity contribution in [2.45, 2.75) is 31.7 Å². The summed E-state index contributed by atoms with van der Waals surface area (Å²) >= 11 is 0. The lowest BCUT2D eigenvalue weighted by Gasteiger charge is -2.39. The van der Waals surface area contributed by atoms with Gasteiger partial charge in [-0.25, -0.2) is 0 Å². The smallest absolute Gasteiger partial charge is 0.240 e. The highest BCUT2D eigenvalue weighted by Crippen LogP contribution is 2.28. The number of carbonyl (C=O) groups is 1. The molecule has 2 aliphatic rings. The van der Waals surface area contributed by atoms with Crippen molar-refractivity contribution < 1.29 is 4.79 Å². The average Bonchev–Trinajstić information content (AvgIpc) is 2.91. The fourth-order valence-electron chi connectivity index (χ4n) is 4.43. The van der Waals surface area contributed by atoms with Gasteiger partial charge >= 0.3 is 0 Å². The molecule has 1 unspecified atom stereocenters. The van der Waals surface area contributed by atoms with E-state index in [1.54, 1.807) is 0 Å². The number of hydrogen-bond acceptors (Lipinski definition) is 3. The molecule has 2 aliphatic heterocycles. The van der Waals surface area contributed by atoms with Crippen molar-refractivity contribution >= 4 is 22.4 Å². The molecule has 4 nitrogen and oxygen atoms in total. The Kier molecular flexibility index (Phi) is 5.11. The van der Waals surface area contributed by atoms with Crippen LogP contribution in [0.15, 0.2) is 42.5 Å². The third-order valence-corrected chi connectivity index (χ3v) is 6.00. The third kappa shape index (κ3) is 3.43. The second kappa shape index (κ2) is 7.67. The zero-order valence-corrected chi connectivity index (χ0v) is 15.7. The molecule has 0 saturated carbocycles. The number of amides is 1. The molecule has 2 saturated heterocycles. The topological polar surface area (TPSA) is 26.8 Å². The van der Waals surface area contributed by atoms with Gasteiger partial charge in [-0.15, -0.1) is 0 Å². The number of piperazine rings is 1. The van der Waals surface area contributed by atoms with E-state index in [0.29, 0.717) is 5.91 Å². The normalized spacial score (nSPS) is 22.4. The first kappa shape index (κ1) is 17.3. The van der Waals surface area contributed by atoms with Crippen molar-refractivity contribution in [1.29, 1.82) is 0 Å². The number of fused-ring (bicyclic) bond motifs is 1. The van der Waals surface area contributed by atoms with Gasteiger partial charge in [0.05, 0.1) is 6.04 Å². The van der Waals surface area contributed by atoms with Crippen LogP contribution in [0.4, 0.5) is 5.69 Å². The van der Waals surface area contributed by atoms with E-state index in [4.69, 9.17) is 0 Å². The molecule has 1 amide bonds. The lowest BCUT2D eigenvalue weighted by molar-refractivity contribution is -0.136. The Morgan fingerprint density at radius 1 is 0.885 bits per heavy atom. The maximum absolute atomic E-state index is 13.0. The summed E-state index contributed by atoms with van der Waals surface area (Å²) in [5.74, 6) is 0.340. The number of hydrogen-bond donors (Lipinski definition) is 0. The van der Waals surface area contributed by atoms with Crippen LogP contribution in [0.3, 0.4) is 0 Å². The van der Waals surface area contributed by atoms with Crippen LogP contribution >= 0.6 is 0 Å². The Morgan fingerprint density at radius 2 is 1.65 bits per heavy atom. The van der Waals surface area contributed by atoms with Crippen LogP contribution in [0.2, 0.25) is 0 Å². The van der Waals surface area contributed by atoms with Crippen LogP contribution in [-0.2, 0) is 4.79 Å². The van der Waals surface area contributed by atoms with Gasteiger partial charge in [0.2, 0.25) is 5.91 Å². The van der Waals surface area contributed by atoms with E-state index >= 15 is 0 Å². The molecule has 0 spiro atoms. The molecule has 2 aromatic carbocycles. The highest BCUT2D eigenvalue weighted by Gasteiger charge is 2.30. The van der Waals surface area contributed by atoms with Crippen LogP contribution in [0.1, 0.15) is 25.7 Å². The fraction of sp³-hybridized carbons (Fsp3) is 0.500. The van der Waals surface area contributed by atoms with Gasteiger partial charge in [0.1, 0.15) is 0 Å². The molecular formula is C22H29N3O. The van der Waals surface area contributed by atoms with Gasteiger partial charge in [-0.3, -0.25) is 9.69 Å². The molecular weight excluding hydrogens is 322 g/mol. The molecule has 0 aromatic heterocycles. The van der Waals surface area contributed by atoms with Crippen molar-refractivity contribution in [3.63, 3.8) is 0 Å². The molecule has 2 aromatic rings. The van der Waals surface area contributed by atoms with Crippen LogP contribution in [0.25, 0.3) is 10.8 Å². The molecule has 0 radical (unpaired) electrons. The Balaban J connectivity index is 1.44. The van der Waals surface area contributed by atoms with E-state index in [1.807, 2.05) is 0 Å². The van der Waals surface area contributed by atoms with Gasteiger partial charge < -0.3 is 9.80 Å². The van der Waals surface area contributed by atoms with Gasteiger partial charge in [0.15, 0.2) is 0 Å². The lowest BCUT2D eigenvalue weighted by atomic mass is 10.1. The monoisotopic (exact) mass is 351 g/mol. The van der Waals surface area contributed by atoms with Gasteiger partial charge in [-0.2, -0.15) is 0 Å². The quantitative estimate of drug-likeness (QED) is 0.830.